The Morgan fingerprint density at radius 2 is 1.48 bits per heavy atom. The molecule has 0 amide bonds. The van der Waals surface area contributed by atoms with Gasteiger partial charge >= 0.3 is 0 Å². The van der Waals surface area contributed by atoms with Gasteiger partial charge in [0.1, 0.15) is 5.82 Å². The fraction of sp³-hybridized carbons (Fsp3) is 0.167. The minimum atomic E-state index is 0.622. The first-order chi connectivity index (χ1) is 14.1. The smallest absolute Gasteiger partial charge is 0.162 e. The van der Waals surface area contributed by atoms with Crippen molar-refractivity contribution in [2.75, 3.05) is 19.5 Å². The average molecular weight is 385 g/mol. The van der Waals surface area contributed by atoms with Crippen molar-refractivity contribution in [3.63, 3.8) is 0 Å². The minimum absolute atomic E-state index is 0.622. The van der Waals surface area contributed by atoms with Gasteiger partial charge in [-0.1, -0.05) is 18.2 Å². The number of nitrogens with one attached hydrogen (secondary N) is 1. The van der Waals surface area contributed by atoms with E-state index in [4.69, 9.17) is 19.4 Å². The minimum Gasteiger partial charge on any atom is -0.493 e. The zero-order valence-corrected chi connectivity index (χ0v) is 17.0. The highest BCUT2D eigenvalue weighted by molar-refractivity contribution is 5.92. The van der Waals surface area contributed by atoms with Crippen LogP contribution in [-0.2, 0) is 0 Å². The highest BCUT2D eigenvalue weighted by atomic mass is 16.5. The molecule has 0 saturated carbocycles. The van der Waals surface area contributed by atoms with E-state index in [9.17, 15) is 0 Å². The molecule has 5 heteroatoms. The zero-order chi connectivity index (χ0) is 20.4. The number of ether oxygens (including phenoxy) is 2. The molecule has 4 aromatic rings. The normalized spacial score (nSPS) is 10.8. The zero-order valence-electron chi connectivity index (χ0n) is 17.0. The van der Waals surface area contributed by atoms with E-state index in [1.165, 1.54) is 11.1 Å². The molecule has 1 heterocycles. The summed E-state index contributed by atoms with van der Waals surface area (Å²) in [7, 11) is 3.24. The van der Waals surface area contributed by atoms with E-state index in [0.29, 0.717) is 17.3 Å². The van der Waals surface area contributed by atoms with Gasteiger partial charge in [-0.15, -0.1) is 0 Å². The molecule has 146 valence electrons. The number of para-hydroxylation sites is 1. The Hall–Kier alpha value is -3.60. The van der Waals surface area contributed by atoms with Crippen LogP contribution in [0.15, 0.2) is 60.7 Å². The molecular formula is C24H23N3O2. The molecule has 0 unspecified atom stereocenters. The lowest BCUT2D eigenvalue weighted by atomic mass is 10.1. The van der Waals surface area contributed by atoms with E-state index in [1.807, 2.05) is 42.5 Å². The summed E-state index contributed by atoms with van der Waals surface area (Å²) < 4.78 is 10.8. The van der Waals surface area contributed by atoms with Gasteiger partial charge in [-0.25, -0.2) is 9.97 Å². The molecule has 0 aliphatic rings. The van der Waals surface area contributed by atoms with Gasteiger partial charge in [0, 0.05) is 16.6 Å². The molecule has 0 bridgehead atoms. The highest BCUT2D eigenvalue weighted by Gasteiger charge is 2.12. The summed E-state index contributed by atoms with van der Waals surface area (Å²) in [6.07, 6.45) is 0. The molecule has 0 saturated heterocycles. The third-order valence-corrected chi connectivity index (χ3v) is 4.73. The number of hydrogen-bond donors (Lipinski definition) is 1. The molecular weight excluding hydrogens is 362 g/mol. The topological polar surface area (TPSA) is 56.3 Å². The van der Waals surface area contributed by atoms with Gasteiger partial charge in [-0.05, 0) is 67.4 Å². The molecule has 4 rings (SSSR count). The van der Waals surface area contributed by atoms with Crippen molar-refractivity contribution in [3.8, 4) is 22.9 Å². The Labute approximate surface area is 170 Å². The number of aromatic nitrogens is 2. The van der Waals surface area contributed by atoms with Crippen LogP contribution in [0, 0.1) is 13.8 Å². The summed E-state index contributed by atoms with van der Waals surface area (Å²) in [6.45, 7) is 4.18. The van der Waals surface area contributed by atoms with E-state index < -0.39 is 0 Å². The van der Waals surface area contributed by atoms with E-state index in [2.05, 4.69) is 37.4 Å². The van der Waals surface area contributed by atoms with Crippen molar-refractivity contribution in [2.24, 2.45) is 0 Å². The van der Waals surface area contributed by atoms with Crippen molar-refractivity contribution in [1.29, 1.82) is 0 Å². The van der Waals surface area contributed by atoms with Crippen LogP contribution < -0.4 is 14.8 Å². The third kappa shape index (κ3) is 3.85. The summed E-state index contributed by atoms with van der Waals surface area (Å²) in [5, 5.41) is 4.45. The Bertz CT molecular complexity index is 1170. The Kier molecular flexibility index (Phi) is 5.04. The number of rotatable bonds is 5. The molecule has 3 aromatic carbocycles. The molecule has 0 radical (unpaired) electrons. The van der Waals surface area contributed by atoms with Crippen molar-refractivity contribution in [3.05, 3.63) is 71.8 Å². The van der Waals surface area contributed by atoms with Crippen LogP contribution in [0.25, 0.3) is 22.3 Å². The van der Waals surface area contributed by atoms with Gasteiger partial charge in [0.2, 0.25) is 0 Å². The fourth-order valence-electron chi connectivity index (χ4n) is 3.46. The number of fused-ring (bicyclic) bond motifs is 1. The Morgan fingerprint density at radius 3 is 2.21 bits per heavy atom. The first kappa shape index (κ1) is 18.7. The predicted octanol–water partition coefficient (Wildman–Crippen LogP) is 5.67. The number of anilines is 2. The molecule has 0 fully saturated rings. The Morgan fingerprint density at radius 1 is 0.759 bits per heavy atom. The first-order valence-electron chi connectivity index (χ1n) is 9.42. The lowest BCUT2D eigenvalue weighted by molar-refractivity contribution is 0.355. The van der Waals surface area contributed by atoms with Crippen molar-refractivity contribution >= 4 is 22.4 Å². The quantitative estimate of drug-likeness (QED) is 0.479. The van der Waals surface area contributed by atoms with Gasteiger partial charge in [-0.2, -0.15) is 0 Å². The lowest BCUT2D eigenvalue weighted by Crippen LogP contribution is -2.00. The van der Waals surface area contributed by atoms with Gasteiger partial charge in [0.15, 0.2) is 17.3 Å². The molecule has 1 N–H and O–H groups in total. The summed E-state index contributed by atoms with van der Waals surface area (Å²) in [5.41, 5.74) is 5.14. The second-order valence-corrected chi connectivity index (χ2v) is 6.98. The van der Waals surface area contributed by atoms with E-state index in [0.717, 1.165) is 28.0 Å². The highest BCUT2D eigenvalue weighted by Crippen LogP contribution is 2.33. The Balaban J connectivity index is 1.84. The largest absolute Gasteiger partial charge is 0.493 e. The number of nitrogens with zero attached hydrogens (tertiary/aromatic N) is 2. The molecule has 0 atom stereocenters. The predicted molar refractivity (Wildman–Crippen MR) is 117 cm³/mol. The van der Waals surface area contributed by atoms with E-state index in [1.54, 1.807) is 14.2 Å². The molecule has 29 heavy (non-hydrogen) atoms. The average Bonchev–Trinajstić information content (AvgIpc) is 2.72. The SMILES string of the molecule is COc1ccc(-c2nc(Nc3cc(C)cc(C)c3)c3ccccc3n2)cc1OC. The number of aryl methyl sites for hydroxylation is 2. The van der Waals surface area contributed by atoms with Crippen LogP contribution in [0.4, 0.5) is 11.5 Å². The van der Waals surface area contributed by atoms with Crippen LogP contribution in [0.5, 0.6) is 11.5 Å². The van der Waals surface area contributed by atoms with Crippen LogP contribution in [0.1, 0.15) is 11.1 Å². The van der Waals surface area contributed by atoms with Crippen molar-refractivity contribution in [2.45, 2.75) is 13.8 Å². The molecule has 0 aliphatic heterocycles. The molecule has 0 spiro atoms. The van der Waals surface area contributed by atoms with Crippen LogP contribution in [0.2, 0.25) is 0 Å². The van der Waals surface area contributed by atoms with Gasteiger partial charge in [-0.3, -0.25) is 0 Å². The van der Waals surface area contributed by atoms with Crippen molar-refractivity contribution < 1.29 is 9.47 Å². The first-order valence-corrected chi connectivity index (χ1v) is 9.42. The number of methoxy groups -OCH3 is 2. The maximum atomic E-state index is 5.44. The second-order valence-electron chi connectivity index (χ2n) is 6.98. The van der Waals surface area contributed by atoms with Crippen molar-refractivity contribution in [1.82, 2.24) is 9.97 Å². The second kappa shape index (κ2) is 7.80. The van der Waals surface area contributed by atoms with Crippen LogP contribution in [0.3, 0.4) is 0 Å². The van der Waals surface area contributed by atoms with E-state index >= 15 is 0 Å². The lowest BCUT2D eigenvalue weighted by Gasteiger charge is -2.13. The summed E-state index contributed by atoms with van der Waals surface area (Å²) >= 11 is 0. The van der Waals surface area contributed by atoms with Crippen LogP contribution in [-0.4, -0.2) is 24.2 Å². The molecule has 1 aromatic heterocycles. The standard InChI is InChI=1S/C24H23N3O2/c1-15-11-16(2)13-18(12-15)25-24-19-7-5-6-8-20(19)26-23(27-24)17-9-10-21(28-3)22(14-17)29-4/h5-14H,1-4H3,(H,25,26,27). The summed E-state index contributed by atoms with van der Waals surface area (Å²) in [5.74, 6) is 2.71. The molecule has 5 nitrogen and oxygen atoms in total. The molecule has 0 aliphatic carbocycles. The monoisotopic (exact) mass is 385 g/mol. The summed E-state index contributed by atoms with van der Waals surface area (Å²) in [6, 6.07) is 20.1. The summed E-state index contributed by atoms with van der Waals surface area (Å²) in [4.78, 5) is 9.60. The third-order valence-electron chi connectivity index (χ3n) is 4.73. The number of benzene rings is 3. The fourth-order valence-corrected chi connectivity index (χ4v) is 3.46. The van der Waals surface area contributed by atoms with Gasteiger partial charge in [0.05, 0.1) is 19.7 Å². The van der Waals surface area contributed by atoms with E-state index in [-0.39, 0.29) is 0 Å². The number of hydrogen-bond acceptors (Lipinski definition) is 5. The maximum Gasteiger partial charge on any atom is 0.162 e. The van der Waals surface area contributed by atoms with Crippen LogP contribution >= 0.6 is 0 Å². The van der Waals surface area contributed by atoms with Gasteiger partial charge < -0.3 is 14.8 Å². The van der Waals surface area contributed by atoms with Gasteiger partial charge in [0.25, 0.3) is 0 Å². The maximum absolute atomic E-state index is 5.44.